The molecule has 0 saturated heterocycles. The summed E-state index contributed by atoms with van der Waals surface area (Å²) in [5.74, 6) is -0.671. The summed E-state index contributed by atoms with van der Waals surface area (Å²) in [6.07, 6.45) is -0.504. The number of rotatable bonds is 8. The number of methoxy groups -OCH3 is 1. The minimum Gasteiger partial charge on any atom is -0.496 e. The third-order valence-corrected chi connectivity index (χ3v) is 5.55. The Kier molecular flexibility index (Phi) is 7.47. The van der Waals surface area contributed by atoms with E-state index in [9.17, 15) is 14.0 Å². The van der Waals surface area contributed by atoms with Crippen molar-refractivity contribution in [2.24, 2.45) is 0 Å². The Bertz CT molecular complexity index is 1220. The molecule has 35 heavy (non-hydrogen) atoms. The zero-order valence-corrected chi connectivity index (χ0v) is 19.0. The zero-order chi connectivity index (χ0) is 24.8. The highest BCUT2D eigenvalue weighted by molar-refractivity contribution is 5.76. The molecule has 0 aliphatic carbocycles. The summed E-state index contributed by atoms with van der Waals surface area (Å²) < 4.78 is 30.5. The molecular weight excluding hydrogens is 457 g/mol. The van der Waals surface area contributed by atoms with Gasteiger partial charge in [-0.3, -0.25) is 0 Å². The van der Waals surface area contributed by atoms with E-state index < -0.39 is 18.7 Å². The number of hydrogen-bond acceptors (Lipinski definition) is 7. The van der Waals surface area contributed by atoms with Crippen molar-refractivity contribution in [2.45, 2.75) is 19.6 Å². The fourth-order valence-corrected chi connectivity index (χ4v) is 3.91. The van der Waals surface area contributed by atoms with Crippen LogP contribution in [0.2, 0.25) is 0 Å². The maximum atomic E-state index is 14.6. The van der Waals surface area contributed by atoms with Crippen LogP contribution in [0.3, 0.4) is 0 Å². The zero-order valence-electron chi connectivity index (χ0n) is 19.0. The third-order valence-electron chi connectivity index (χ3n) is 5.55. The summed E-state index contributed by atoms with van der Waals surface area (Å²) in [4.78, 5) is 28.4. The van der Waals surface area contributed by atoms with Crippen molar-refractivity contribution < 1.29 is 38.1 Å². The molecule has 1 N–H and O–H groups in total. The third kappa shape index (κ3) is 5.88. The molecule has 4 rings (SSSR count). The molecule has 0 spiro atoms. The number of carbonyl (C=O) groups excluding carboxylic acids is 1. The van der Waals surface area contributed by atoms with Gasteiger partial charge in [0.15, 0.2) is 6.61 Å². The smallest absolute Gasteiger partial charge is 0.496 e. The monoisotopic (exact) mass is 481 g/mol. The lowest BCUT2D eigenvalue weighted by molar-refractivity contribution is -0.139. The number of nitrogens with zero attached hydrogens (tertiary/aromatic N) is 1. The second-order valence-corrected chi connectivity index (χ2v) is 7.83. The van der Waals surface area contributed by atoms with Crippen LogP contribution in [0, 0.1) is 5.82 Å². The van der Waals surface area contributed by atoms with Gasteiger partial charge in [-0.2, -0.15) is 0 Å². The second-order valence-electron chi connectivity index (χ2n) is 7.83. The molecule has 9 heteroatoms. The molecule has 1 aliphatic heterocycles. The summed E-state index contributed by atoms with van der Waals surface area (Å²) in [7, 11) is 1.48. The van der Waals surface area contributed by atoms with E-state index in [0.29, 0.717) is 46.7 Å². The van der Waals surface area contributed by atoms with Gasteiger partial charge in [0.2, 0.25) is 0 Å². The Morgan fingerprint density at radius 3 is 2.54 bits per heavy atom. The van der Waals surface area contributed by atoms with Gasteiger partial charge in [0.25, 0.3) is 0 Å². The van der Waals surface area contributed by atoms with Crippen LogP contribution in [-0.2, 0) is 33.9 Å². The SMILES string of the molecule is COc1cc(OCC(=O)O)ccc1-c1ccc(F)c2c1CN(OC(=O)OCc1ccccc1)CC2. The Hall–Kier alpha value is -4.11. The summed E-state index contributed by atoms with van der Waals surface area (Å²) in [6.45, 7) is 0.0643. The topological polar surface area (TPSA) is 94.5 Å². The normalized spacial score (nSPS) is 13.0. The van der Waals surface area contributed by atoms with Gasteiger partial charge < -0.3 is 24.2 Å². The van der Waals surface area contributed by atoms with Gasteiger partial charge in [0, 0.05) is 18.2 Å². The number of carboxylic acids is 1. The molecule has 1 heterocycles. The molecule has 0 amide bonds. The second kappa shape index (κ2) is 10.9. The largest absolute Gasteiger partial charge is 0.528 e. The van der Waals surface area contributed by atoms with Gasteiger partial charge in [0.05, 0.1) is 13.7 Å². The molecule has 8 nitrogen and oxygen atoms in total. The minimum absolute atomic E-state index is 0.0808. The number of carbonyl (C=O) groups is 2. The molecule has 3 aromatic carbocycles. The van der Waals surface area contributed by atoms with Crippen molar-refractivity contribution in [2.75, 3.05) is 20.3 Å². The van der Waals surface area contributed by atoms with Crippen molar-refractivity contribution in [3.63, 3.8) is 0 Å². The van der Waals surface area contributed by atoms with Gasteiger partial charge in [-0.15, -0.1) is 5.06 Å². The molecule has 182 valence electrons. The van der Waals surface area contributed by atoms with E-state index in [4.69, 9.17) is 24.2 Å². The highest BCUT2D eigenvalue weighted by Crippen LogP contribution is 2.38. The van der Waals surface area contributed by atoms with Crippen LogP contribution in [0.1, 0.15) is 16.7 Å². The van der Waals surface area contributed by atoms with E-state index in [1.165, 1.54) is 18.2 Å². The molecule has 0 unspecified atom stereocenters. The predicted molar refractivity (Wildman–Crippen MR) is 123 cm³/mol. The number of carboxylic acid groups (broad SMARTS) is 1. The molecule has 0 fully saturated rings. The fourth-order valence-electron chi connectivity index (χ4n) is 3.91. The Morgan fingerprint density at radius 2 is 1.80 bits per heavy atom. The number of fused-ring (bicyclic) bond motifs is 1. The van der Waals surface area contributed by atoms with Gasteiger partial charge in [0.1, 0.15) is 23.9 Å². The van der Waals surface area contributed by atoms with E-state index in [1.54, 1.807) is 24.3 Å². The fraction of sp³-hybridized carbons (Fsp3) is 0.231. The van der Waals surface area contributed by atoms with Crippen molar-refractivity contribution in [3.8, 4) is 22.6 Å². The predicted octanol–water partition coefficient (Wildman–Crippen LogP) is 4.59. The quantitative estimate of drug-likeness (QED) is 0.467. The van der Waals surface area contributed by atoms with E-state index in [2.05, 4.69) is 0 Å². The summed E-state index contributed by atoms with van der Waals surface area (Å²) in [5, 5.41) is 10.3. The van der Waals surface area contributed by atoms with Crippen molar-refractivity contribution in [3.05, 3.63) is 83.2 Å². The summed E-state index contributed by atoms with van der Waals surface area (Å²) in [6, 6.07) is 17.2. The van der Waals surface area contributed by atoms with Crippen LogP contribution in [0.15, 0.2) is 60.7 Å². The number of hydrogen-bond donors (Lipinski definition) is 1. The average molecular weight is 481 g/mol. The molecule has 1 aliphatic rings. The average Bonchev–Trinajstić information content (AvgIpc) is 2.87. The van der Waals surface area contributed by atoms with Gasteiger partial charge in [-0.05, 0) is 46.9 Å². The molecule has 0 aromatic heterocycles. The first-order valence-corrected chi connectivity index (χ1v) is 10.9. The van der Waals surface area contributed by atoms with Crippen LogP contribution < -0.4 is 9.47 Å². The number of aliphatic carboxylic acids is 1. The highest BCUT2D eigenvalue weighted by Gasteiger charge is 2.26. The van der Waals surface area contributed by atoms with Crippen LogP contribution in [0.5, 0.6) is 11.5 Å². The van der Waals surface area contributed by atoms with Gasteiger partial charge in [-0.25, -0.2) is 14.0 Å². The first-order valence-electron chi connectivity index (χ1n) is 10.9. The standard InChI is InChI=1S/C26H24FNO7/c1-32-24-13-18(33-16-25(29)30)7-8-21(24)19-9-10-23(27)20-11-12-28(14-22(19)20)35-26(31)34-15-17-5-3-2-4-6-17/h2-10,13H,11-12,14-16H2,1H3,(H,29,30). The van der Waals surface area contributed by atoms with Crippen LogP contribution >= 0.6 is 0 Å². The van der Waals surface area contributed by atoms with Crippen molar-refractivity contribution >= 4 is 12.1 Å². The number of ether oxygens (including phenoxy) is 3. The first kappa shape index (κ1) is 24.0. The molecule has 0 saturated carbocycles. The van der Waals surface area contributed by atoms with Crippen molar-refractivity contribution in [1.82, 2.24) is 5.06 Å². The Balaban J connectivity index is 1.52. The van der Waals surface area contributed by atoms with E-state index in [1.807, 2.05) is 30.3 Å². The van der Waals surface area contributed by atoms with Crippen molar-refractivity contribution in [1.29, 1.82) is 0 Å². The summed E-state index contributed by atoms with van der Waals surface area (Å²) in [5.41, 5.74) is 3.40. The molecule has 0 radical (unpaired) electrons. The lowest BCUT2D eigenvalue weighted by atomic mass is 9.91. The molecule has 0 atom stereocenters. The number of benzene rings is 3. The number of halogens is 1. The Morgan fingerprint density at radius 1 is 1.03 bits per heavy atom. The molecule has 3 aromatic rings. The molecular formula is C26H24FNO7. The van der Waals surface area contributed by atoms with Gasteiger partial charge in [-0.1, -0.05) is 36.4 Å². The van der Waals surface area contributed by atoms with Gasteiger partial charge >= 0.3 is 12.1 Å². The first-order chi connectivity index (χ1) is 16.9. The number of hydroxylamine groups is 2. The lowest BCUT2D eigenvalue weighted by Crippen LogP contribution is -2.34. The van der Waals surface area contributed by atoms with E-state index >= 15 is 0 Å². The molecule has 0 bridgehead atoms. The maximum absolute atomic E-state index is 14.6. The van der Waals surface area contributed by atoms with E-state index in [-0.39, 0.29) is 19.0 Å². The maximum Gasteiger partial charge on any atom is 0.528 e. The van der Waals surface area contributed by atoms with Crippen LogP contribution in [-0.4, -0.2) is 42.6 Å². The lowest BCUT2D eigenvalue weighted by Gasteiger charge is -2.29. The van der Waals surface area contributed by atoms with E-state index in [0.717, 1.165) is 5.56 Å². The highest BCUT2D eigenvalue weighted by atomic mass is 19.1. The summed E-state index contributed by atoms with van der Waals surface area (Å²) >= 11 is 0. The van der Waals surface area contributed by atoms with Crippen LogP contribution in [0.25, 0.3) is 11.1 Å². The Labute approximate surface area is 201 Å². The minimum atomic E-state index is -1.09. The van der Waals surface area contributed by atoms with Crippen LogP contribution in [0.4, 0.5) is 9.18 Å².